The smallest absolute Gasteiger partial charge is 0.306 e. The van der Waals surface area contributed by atoms with E-state index in [1.807, 2.05) is 0 Å². The van der Waals surface area contributed by atoms with Gasteiger partial charge in [-0.1, -0.05) is 11.6 Å². The van der Waals surface area contributed by atoms with Crippen molar-refractivity contribution < 1.29 is 31.1 Å². The zero-order valence-corrected chi connectivity index (χ0v) is 18.6. The van der Waals surface area contributed by atoms with Gasteiger partial charge < -0.3 is 5.32 Å². The van der Waals surface area contributed by atoms with E-state index in [9.17, 15) is 31.1 Å². The highest BCUT2D eigenvalue weighted by Crippen LogP contribution is 2.50. The van der Waals surface area contributed by atoms with Crippen LogP contribution in [0.1, 0.15) is 18.2 Å². The number of rotatable bonds is 2. The first kappa shape index (κ1) is 23.8. The zero-order chi connectivity index (χ0) is 26.0. The second kappa shape index (κ2) is 7.78. The summed E-state index contributed by atoms with van der Waals surface area (Å²) in [6.45, 7) is -0.00584. The van der Waals surface area contributed by atoms with E-state index in [0.29, 0.717) is 10.9 Å². The van der Waals surface area contributed by atoms with Crippen LogP contribution in [0, 0.1) is 0 Å². The second-order valence-corrected chi connectivity index (χ2v) is 8.37. The van der Waals surface area contributed by atoms with Crippen molar-refractivity contribution in [1.29, 1.82) is 0 Å². The molecule has 0 saturated carbocycles. The third kappa shape index (κ3) is 3.68. The number of amides is 2. The topological polar surface area (TPSA) is 106 Å². The Labute approximate surface area is 201 Å². The lowest BCUT2D eigenvalue weighted by Gasteiger charge is -2.28. The summed E-state index contributed by atoms with van der Waals surface area (Å²) in [5, 5.41) is 13.2. The number of pyridine rings is 1. The summed E-state index contributed by atoms with van der Waals surface area (Å²) >= 11 is 5.84. The molecule has 0 saturated heterocycles. The Morgan fingerprint density at radius 3 is 2.42 bits per heavy atom. The fourth-order valence-corrected chi connectivity index (χ4v) is 4.08. The predicted octanol–water partition coefficient (Wildman–Crippen LogP) is 4.25. The number of carbonyl (C=O) groups is 1. The highest BCUT2D eigenvalue weighted by Gasteiger charge is 2.60. The summed E-state index contributed by atoms with van der Waals surface area (Å²) in [5.41, 5.74) is -4.87. The molecule has 10 nitrogen and oxygen atoms in total. The number of anilines is 2. The Morgan fingerprint density at radius 2 is 1.78 bits per heavy atom. The molecule has 1 unspecified atom stereocenters. The third-order valence-electron chi connectivity index (χ3n) is 5.62. The molecule has 17 heteroatoms. The highest BCUT2D eigenvalue weighted by molar-refractivity contribution is 6.29. The van der Waals surface area contributed by atoms with Crippen molar-refractivity contribution >= 4 is 34.7 Å². The van der Waals surface area contributed by atoms with Crippen LogP contribution in [0.2, 0.25) is 5.15 Å². The maximum absolute atomic E-state index is 14.2. The van der Waals surface area contributed by atoms with Crippen LogP contribution in [0.15, 0.2) is 36.9 Å². The molecule has 1 aliphatic heterocycles. The number of alkyl halides is 6. The standard InChI is InChI=1S/C19H12ClF6N9O/c1-17(19(24,25)26)8-33(11-7-27-13-5-12(20)32-34(13)14(11)17)16(36)31-9-4-10(18(21,22)23)15(28-6-9)35-29-2-3-30-35/h2-7H,8H2,1H3,(H,31,36). The minimum Gasteiger partial charge on any atom is -0.306 e. The number of nitrogens with zero attached hydrogens (tertiary/aromatic N) is 8. The van der Waals surface area contributed by atoms with Crippen molar-refractivity contribution in [3.8, 4) is 5.82 Å². The van der Waals surface area contributed by atoms with E-state index in [-0.39, 0.29) is 16.5 Å². The number of halogens is 7. The molecule has 2 amide bonds. The van der Waals surface area contributed by atoms with Crippen LogP contribution in [0.4, 0.5) is 42.5 Å². The van der Waals surface area contributed by atoms with Crippen molar-refractivity contribution in [2.75, 3.05) is 16.8 Å². The van der Waals surface area contributed by atoms with E-state index in [1.54, 1.807) is 0 Å². The molecule has 0 bridgehead atoms. The fourth-order valence-electron chi connectivity index (χ4n) is 3.90. The van der Waals surface area contributed by atoms with Gasteiger partial charge in [0.05, 0.1) is 41.9 Å². The molecule has 0 aromatic carbocycles. The van der Waals surface area contributed by atoms with Crippen molar-refractivity contribution in [3.05, 3.63) is 53.3 Å². The number of carbonyl (C=O) groups excluding carboxylic acids is 1. The molecule has 4 aromatic heterocycles. The Morgan fingerprint density at radius 1 is 1.08 bits per heavy atom. The second-order valence-electron chi connectivity index (χ2n) is 7.99. The summed E-state index contributed by atoms with van der Waals surface area (Å²) in [4.78, 5) is 22.1. The number of urea groups is 1. The van der Waals surface area contributed by atoms with Gasteiger partial charge in [-0.2, -0.15) is 41.6 Å². The SMILES string of the molecule is CC1(C(F)(F)F)CN(C(=O)Nc2cnc(-n3nccn3)c(C(F)(F)F)c2)c2cnc3cc(Cl)nn3c21. The van der Waals surface area contributed by atoms with Crippen LogP contribution in [0.25, 0.3) is 11.5 Å². The van der Waals surface area contributed by atoms with Crippen LogP contribution in [0.3, 0.4) is 0 Å². The van der Waals surface area contributed by atoms with Crippen molar-refractivity contribution in [1.82, 2.24) is 34.6 Å². The van der Waals surface area contributed by atoms with Gasteiger partial charge in [0.25, 0.3) is 0 Å². The highest BCUT2D eigenvalue weighted by atomic mass is 35.5. The van der Waals surface area contributed by atoms with Crippen LogP contribution in [-0.4, -0.2) is 53.3 Å². The minimum atomic E-state index is -4.90. The first-order chi connectivity index (χ1) is 16.8. The number of hydrogen-bond acceptors (Lipinski definition) is 6. The lowest BCUT2D eigenvalue weighted by Crippen LogP contribution is -2.46. The van der Waals surface area contributed by atoms with Gasteiger partial charge >= 0.3 is 18.4 Å². The molecule has 36 heavy (non-hydrogen) atoms. The lowest BCUT2D eigenvalue weighted by atomic mass is 9.88. The molecule has 5 rings (SSSR count). The monoisotopic (exact) mass is 531 g/mol. The van der Waals surface area contributed by atoms with Gasteiger partial charge in [0.1, 0.15) is 11.0 Å². The molecular weight excluding hydrogens is 520 g/mol. The Balaban J connectivity index is 1.54. The van der Waals surface area contributed by atoms with E-state index in [2.05, 4.69) is 30.6 Å². The van der Waals surface area contributed by atoms with Gasteiger partial charge in [-0.05, 0) is 13.0 Å². The van der Waals surface area contributed by atoms with Gasteiger partial charge in [0.15, 0.2) is 16.6 Å². The van der Waals surface area contributed by atoms with Crippen molar-refractivity contribution in [2.45, 2.75) is 24.7 Å². The van der Waals surface area contributed by atoms with Crippen LogP contribution in [0.5, 0.6) is 0 Å². The van der Waals surface area contributed by atoms with E-state index >= 15 is 0 Å². The molecule has 0 radical (unpaired) electrons. The number of aromatic nitrogens is 7. The van der Waals surface area contributed by atoms with Gasteiger partial charge in [-0.25, -0.2) is 19.3 Å². The van der Waals surface area contributed by atoms with Crippen LogP contribution in [-0.2, 0) is 11.6 Å². The van der Waals surface area contributed by atoms with Gasteiger partial charge in [-0.3, -0.25) is 4.90 Å². The third-order valence-corrected chi connectivity index (χ3v) is 5.81. The molecule has 1 aliphatic rings. The van der Waals surface area contributed by atoms with Crippen LogP contribution >= 0.6 is 11.6 Å². The average molecular weight is 532 g/mol. The number of nitrogens with one attached hydrogen (secondary N) is 1. The molecular formula is C19H12ClF6N9O. The predicted molar refractivity (Wildman–Crippen MR) is 112 cm³/mol. The first-order valence-corrected chi connectivity index (χ1v) is 10.3. The normalized spacial score (nSPS) is 18.1. The van der Waals surface area contributed by atoms with Gasteiger partial charge in [-0.15, -0.1) is 4.80 Å². The van der Waals surface area contributed by atoms with Gasteiger partial charge in [0, 0.05) is 12.6 Å². The first-order valence-electron chi connectivity index (χ1n) is 9.93. The summed E-state index contributed by atoms with van der Waals surface area (Å²) in [6.07, 6.45) is -5.48. The molecule has 0 fully saturated rings. The lowest BCUT2D eigenvalue weighted by molar-refractivity contribution is -0.181. The summed E-state index contributed by atoms with van der Waals surface area (Å²) in [5.74, 6) is -0.649. The van der Waals surface area contributed by atoms with E-state index in [4.69, 9.17) is 11.6 Å². The molecule has 1 N–H and O–H groups in total. The Kier molecular flexibility index (Phi) is 5.14. The van der Waals surface area contributed by atoms with E-state index in [1.165, 1.54) is 6.07 Å². The molecule has 0 spiro atoms. The summed E-state index contributed by atoms with van der Waals surface area (Å²) < 4.78 is 84.4. The minimum absolute atomic E-state index is 0.0262. The largest absolute Gasteiger partial charge is 0.420 e. The van der Waals surface area contributed by atoms with Crippen molar-refractivity contribution in [3.63, 3.8) is 0 Å². The number of hydrogen-bond donors (Lipinski definition) is 1. The maximum Gasteiger partial charge on any atom is 0.420 e. The fraction of sp³-hybridized carbons (Fsp3) is 0.263. The summed E-state index contributed by atoms with van der Waals surface area (Å²) in [7, 11) is 0. The molecule has 0 aliphatic carbocycles. The maximum atomic E-state index is 14.2. The van der Waals surface area contributed by atoms with Crippen LogP contribution < -0.4 is 10.2 Å². The molecule has 5 heterocycles. The Bertz CT molecular complexity index is 1480. The molecule has 4 aromatic rings. The average Bonchev–Trinajstić information content (AvgIpc) is 3.50. The quantitative estimate of drug-likeness (QED) is 0.388. The van der Waals surface area contributed by atoms with Gasteiger partial charge in [0.2, 0.25) is 0 Å². The summed E-state index contributed by atoms with van der Waals surface area (Å²) in [6, 6.07) is 0.698. The van der Waals surface area contributed by atoms with Crippen molar-refractivity contribution in [2.24, 2.45) is 0 Å². The number of fused-ring (bicyclic) bond motifs is 3. The van der Waals surface area contributed by atoms with E-state index < -0.39 is 53.1 Å². The molecule has 1 atom stereocenters. The van der Waals surface area contributed by atoms with E-state index in [0.717, 1.165) is 41.1 Å². The zero-order valence-electron chi connectivity index (χ0n) is 17.8. The Hall–Kier alpha value is -3.95. The molecule has 188 valence electrons.